The van der Waals surface area contributed by atoms with E-state index in [4.69, 9.17) is 29.4 Å². The number of fused-ring (bicyclic) bond motifs is 2. The monoisotopic (exact) mass is 645 g/mol. The predicted octanol–water partition coefficient (Wildman–Crippen LogP) is 4.12. The summed E-state index contributed by atoms with van der Waals surface area (Å²) >= 11 is 0. The Balaban J connectivity index is 1.00. The van der Waals surface area contributed by atoms with Crippen LogP contribution in [0.15, 0.2) is 53.6 Å². The molecule has 4 aliphatic rings. The van der Waals surface area contributed by atoms with Crippen molar-refractivity contribution in [3.63, 3.8) is 0 Å². The van der Waals surface area contributed by atoms with E-state index in [1.54, 1.807) is 48.3 Å². The number of nitrogens with two attached hydrogens (primary N) is 1. The Kier molecular flexibility index (Phi) is 9.69. The molecular formula is C35H43N5O7. The Labute approximate surface area is 275 Å². The molecule has 12 nitrogen and oxygen atoms in total. The summed E-state index contributed by atoms with van der Waals surface area (Å²) in [5.74, 6) is 1.69. The van der Waals surface area contributed by atoms with Gasteiger partial charge in [0.25, 0.3) is 11.8 Å². The number of ether oxygens (including phenoxy) is 5. The van der Waals surface area contributed by atoms with Crippen molar-refractivity contribution in [1.82, 2.24) is 15.1 Å². The molecule has 6 rings (SSSR count). The maximum atomic E-state index is 13.6. The molecule has 2 amide bonds. The number of carbonyl (C=O) groups is 2. The molecule has 0 aliphatic carbocycles. The van der Waals surface area contributed by atoms with Gasteiger partial charge < -0.3 is 39.2 Å². The highest BCUT2D eigenvalue weighted by Crippen LogP contribution is 2.39. The Morgan fingerprint density at radius 2 is 1.68 bits per heavy atom. The highest BCUT2D eigenvalue weighted by Gasteiger charge is 2.39. The van der Waals surface area contributed by atoms with Gasteiger partial charge in [-0.05, 0) is 44.2 Å². The number of nitrogen functional groups attached to an aromatic ring is 1. The zero-order valence-corrected chi connectivity index (χ0v) is 27.1. The highest BCUT2D eigenvalue weighted by molar-refractivity contribution is 6.04. The van der Waals surface area contributed by atoms with E-state index in [2.05, 4.69) is 23.5 Å². The van der Waals surface area contributed by atoms with Crippen molar-refractivity contribution in [3.05, 3.63) is 59.7 Å². The van der Waals surface area contributed by atoms with Gasteiger partial charge in [0.1, 0.15) is 6.23 Å². The standard InChI is InChI=1S/C35H43N5O7/c1-21-12-23-18-38-27-17-32(30(44-4)15-25(27)35(42)39(23)19-21)46-10-7-5-6-9-45-31-16-26(36)24(14-29(31)43-3)34(41)40-20-22(2)13-28(40)33-37-8-11-47-33/h14-18,23,28,33,37H,1-2,5-13,19-20,36H2,3-4H3. The summed E-state index contributed by atoms with van der Waals surface area (Å²) in [5.41, 5.74) is 10.1. The highest BCUT2D eigenvalue weighted by atomic mass is 16.5. The van der Waals surface area contributed by atoms with Crippen LogP contribution >= 0.6 is 0 Å². The second-order valence-electron chi connectivity index (χ2n) is 12.3. The van der Waals surface area contributed by atoms with E-state index in [9.17, 15) is 9.59 Å². The largest absolute Gasteiger partial charge is 0.493 e. The predicted molar refractivity (Wildman–Crippen MR) is 178 cm³/mol. The molecule has 0 aromatic heterocycles. The fourth-order valence-corrected chi connectivity index (χ4v) is 6.55. The second kappa shape index (κ2) is 14.1. The second-order valence-corrected chi connectivity index (χ2v) is 12.3. The first-order chi connectivity index (χ1) is 22.8. The van der Waals surface area contributed by atoms with Crippen molar-refractivity contribution in [2.45, 2.75) is 50.4 Å². The summed E-state index contributed by atoms with van der Waals surface area (Å²) in [7, 11) is 3.10. The number of anilines is 1. The van der Waals surface area contributed by atoms with Crippen LogP contribution in [0, 0.1) is 0 Å². The smallest absolute Gasteiger partial charge is 0.257 e. The Bertz CT molecular complexity index is 1580. The lowest BCUT2D eigenvalue weighted by molar-refractivity contribution is 0.0272. The first-order valence-electron chi connectivity index (χ1n) is 16.1. The third kappa shape index (κ3) is 6.79. The topological polar surface area (TPSA) is 137 Å². The van der Waals surface area contributed by atoms with Crippen molar-refractivity contribution >= 4 is 29.4 Å². The lowest BCUT2D eigenvalue weighted by atomic mass is 10.1. The molecule has 0 radical (unpaired) electrons. The molecule has 0 bridgehead atoms. The van der Waals surface area contributed by atoms with Crippen LogP contribution < -0.4 is 30.0 Å². The molecule has 2 aromatic carbocycles. The van der Waals surface area contributed by atoms with E-state index in [-0.39, 0.29) is 30.1 Å². The van der Waals surface area contributed by atoms with E-state index in [1.165, 1.54) is 0 Å². The van der Waals surface area contributed by atoms with Crippen LogP contribution in [-0.4, -0.2) is 99.8 Å². The van der Waals surface area contributed by atoms with Gasteiger partial charge >= 0.3 is 0 Å². The molecule has 0 spiro atoms. The normalized spacial score (nSPS) is 21.9. The third-order valence-corrected chi connectivity index (χ3v) is 8.97. The number of aliphatic imine (C=N–C) groups is 1. The summed E-state index contributed by atoms with van der Waals surface area (Å²) in [6.07, 6.45) is 5.38. The molecule has 47 heavy (non-hydrogen) atoms. The van der Waals surface area contributed by atoms with Crippen molar-refractivity contribution in [2.24, 2.45) is 4.99 Å². The molecule has 12 heteroatoms. The number of unbranched alkanes of at least 4 members (excludes halogenated alkanes) is 2. The summed E-state index contributed by atoms with van der Waals surface area (Å²) < 4.78 is 29.0. The van der Waals surface area contributed by atoms with Gasteiger partial charge in [-0.25, -0.2) is 0 Å². The maximum Gasteiger partial charge on any atom is 0.257 e. The van der Waals surface area contributed by atoms with Crippen LogP contribution in [0.25, 0.3) is 0 Å². The number of nitrogens with zero attached hydrogens (tertiary/aromatic N) is 3. The van der Waals surface area contributed by atoms with Gasteiger partial charge in [0.05, 0.1) is 62.9 Å². The third-order valence-electron chi connectivity index (χ3n) is 8.97. The zero-order valence-electron chi connectivity index (χ0n) is 27.1. The lowest BCUT2D eigenvalue weighted by Crippen LogP contribution is -2.47. The zero-order chi connectivity index (χ0) is 33.1. The Morgan fingerprint density at radius 1 is 0.979 bits per heavy atom. The van der Waals surface area contributed by atoms with Crippen molar-refractivity contribution in [2.75, 3.05) is 59.4 Å². The van der Waals surface area contributed by atoms with Crippen molar-refractivity contribution < 1.29 is 33.3 Å². The number of nitrogens with one attached hydrogen (secondary N) is 1. The van der Waals surface area contributed by atoms with Crippen LogP contribution in [0.4, 0.5) is 11.4 Å². The van der Waals surface area contributed by atoms with E-state index >= 15 is 0 Å². The summed E-state index contributed by atoms with van der Waals surface area (Å²) in [5, 5.41) is 3.31. The maximum absolute atomic E-state index is 13.6. The van der Waals surface area contributed by atoms with E-state index in [1.807, 2.05) is 6.21 Å². The molecule has 0 saturated carbocycles. The molecule has 2 aromatic rings. The fraction of sp³-hybridized carbons (Fsp3) is 0.457. The number of carbonyl (C=O) groups excluding carboxylic acids is 2. The van der Waals surface area contributed by atoms with Crippen LogP contribution in [0.3, 0.4) is 0 Å². The molecule has 3 fully saturated rings. The lowest BCUT2D eigenvalue weighted by Gasteiger charge is -2.29. The van der Waals surface area contributed by atoms with E-state index in [0.29, 0.717) is 84.8 Å². The van der Waals surface area contributed by atoms with Gasteiger partial charge in [0.2, 0.25) is 0 Å². The van der Waals surface area contributed by atoms with Crippen molar-refractivity contribution in [1.29, 1.82) is 0 Å². The number of amides is 2. The molecule has 4 heterocycles. The first kappa shape index (κ1) is 32.4. The molecule has 250 valence electrons. The number of benzene rings is 2. The van der Waals surface area contributed by atoms with Gasteiger partial charge in [-0.15, -0.1) is 0 Å². The van der Waals surface area contributed by atoms with Crippen LogP contribution in [0.5, 0.6) is 23.0 Å². The minimum atomic E-state index is -0.224. The van der Waals surface area contributed by atoms with Gasteiger partial charge in [0, 0.05) is 43.7 Å². The summed E-state index contributed by atoms with van der Waals surface area (Å²) in [6.45, 7) is 11.4. The molecule has 3 saturated heterocycles. The van der Waals surface area contributed by atoms with Crippen LogP contribution in [0.2, 0.25) is 0 Å². The average Bonchev–Trinajstić information content (AvgIpc) is 3.81. The number of likely N-dealkylation sites (tertiary alicyclic amines) is 1. The molecule has 3 atom stereocenters. The van der Waals surface area contributed by atoms with Gasteiger partial charge in [0.15, 0.2) is 23.0 Å². The van der Waals surface area contributed by atoms with Gasteiger partial charge in [-0.3, -0.25) is 19.9 Å². The van der Waals surface area contributed by atoms with Crippen LogP contribution in [-0.2, 0) is 4.74 Å². The fourth-order valence-electron chi connectivity index (χ4n) is 6.55. The molecular weight excluding hydrogens is 602 g/mol. The SMILES string of the molecule is C=C1CC2C=Nc3cc(OCCCCCOc4cc(N)c(C(=O)N5CC(=C)CC5C5NCCO5)cc4OC)c(OC)cc3C(=O)N2C1. The minimum Gasteiger partial charge on any atom is -0.493 e. The number of hydrogen-bond donors (Lipinski definition) is 2. The van der Waals surface area contributed by atoms with E-state index in [0.717, 1.165) is 43.4 Å². The Morgan fingerprint density at radius 3 is 2.38 bits per heavy atom. The number of methoxy groups -OCH3 is 2. The molecule has 3 N–H and O–H groups in total. The molecule has 3 unspecified atom stereocenters. The van der Waals surface area contributed by atoms with Gasteiger partial charge in [-0.1, -0.05) is 24.3 Å². The average molecular weight is 646 g/mol. The summed E-state index contributed by atoms with van der Waals surface area (Å²) in [6, 6.07) is 6.56. The molecule has 4 aliphatic heterocycles. The van der Waals surface area contributed by atoms with Gasteiger partial charge in [-0.2, -0.15) is 0 Å². The number of rotatable bonds is 12. The number of hydrogen-bond acceptors (Lipinski definition) is 10. The quantitative estimate of drug-likeness (QED) is 0.198. The van der Waals surface area contributed by atoms with Crippen LogP contribution in [0.1, 0.15) is 52.8 Å². The van der Waals surface area contributed by atoms with E-state index < -0.39 is 0 Å². The summed E-state index contributed by atoms with van der Waals surface area (Å²) in [4.78, 5) is 34.9. The Hall–Kier alpha value is -4.55. The van der Waals surface area contributed by atoms with Crippen molar-refractivity contribution in [3.8, 4) is 23.0 Å². The first-order valence-corrected chi connectivity index (χ1v) is 16.1. The minimum absolute atomic E-state index is 0.0741.